The lowest BCUT2D eigenvalue weighted by Crippen LogP contribution is -2.27. The first-order valence-corrected chi connectivity index (χ1v) is 7.08. The number of carbonyl (C=O) groups is 2. The summed E-state index contributed by atoms with van der Waals surface area (Å²) in [5.41, 5.74) is 0.845. The first-order chi connectivity index (χ1) is 10.5. The summed E-state index contributed by atoms with van der Waals surface area (Å²) in [5.74, 6) is -1.08. The molecule has 1 heterocycles. The van der Waals surface area contributed by atoms with Gasteiger partial charge in [-0.05, 0) is 17.0 Å². The Morgan fingerprint density at radius 1 is 1.23 bits per heavy atom. The zero-order valence-corrected chi connectivity index (χ0v) is 12.4. The van der Waals surface area contributed by atoms with Crippen LogP contribution in [-0.4, -0.2) is 36.0 Å². The molecule has 0 saturated carbocycles. The Balaban J connectivity index is 2.21. The van der Waals surface area contributed by atoms with Crippen molar-refractivity contribution in [2.75, 3.05) is 14.2 Å². The molecule has 1 aliphatic heterocycles. The number of fused-ring (bicyclic) bond motifs is 1. The predicted octanol–water partition coefficient (Wildman–Crippen LogP) is 2.45. The molecule has 2 atom stereocenters. The van der Waals surface area contributed by atoms with Crippen LogP contribution in [0.5, 0.6) is 5.75 Å². The average molecular weight is 299 g/mol. The van der Waals surface area contributed by atoms with Crippen LogP contribution in [-0.2, 0) is 9.59 Å². The Bertz CT molecular complexity index is 755. The van der Waals surface area contributed by atoms with Crippen molar-refractivity contribution in [2.24, 2.45) is 5.92 Å². The van der Waals surface area contributed by atoms with Crippen LogP contribution in [0, 0.1) is 5.92 Å². The van der Waals surface area contributed by atoms with Gasteiger partial charge in [0.05, 0.1) is 19.1 Å². The van der Waals surface area contributed by atoms with Gasteiger partial charge in [-0.1, -0.05) is 30.3 Å². The number of aliphatic carboxylic acids is 1. The Kier molecular flexibility index (Phi) is 3.48. The zero-order chi connectivity index (χ0) is 15.9. The maximum absolute atomic E-state index is 12.0. The van der Waals surface area contributed by atoms with Crippen molar-refractivity contribution in [1.29, 1.82) is 0 Å². The van der Waals surface area contributed by atoms with Gasteiger partial charge in [0.15, 0.2) is 0 Å². The number of ether oxygens (including phenoxy) is 1. The largest absolute Gasteiger partial charge is 0.496 e. The lowest BCUT2D eigenvalue weighted by Gasteiger charge is -2.25. The van der Waals surface area contributed by atoms with Crippen molar-refractivity contribution in [3.05, 3.63) is 42.0 Å². The van der Waals surface area contributed by atoms with Gasteiger partial charge >= 0.3 is 5.97 Å². The van der Waals surface area contributed by atoms with E-state index >= 15 is 0 Å². The molecule has 5 nitrogen and oxygen atoms in total. The number of methoxy groups -OCH3 is 1. The SMILES string of the molecule is COc1ccc([C@H]2[C@H](C(=O)O)CC(=O)N2C)c2ccccc12. The first-order valence-electron chi connectivity index (χ1n) is 7.08. The maximum Gasteiger partial charge on any atom is 0.309 e. The number of hydrogen-bond donors (Lipinski definition) is 1. The van der Waals surface area contributed by atoms with E-state index in [1.165, 1.54) is 4.90 Å². The molecule has 1 aliphatic rings. The lowest BCUT2D eigenvalue weighted by molar-refractivity contribution is -0.142. The van der Waals surface area contributed by atoms with Gasteiger partial charge in [-0.3, -0.25) is 9.59 Å². The van der Waals surface area contributed by atoms with E-state index in [2.05, 4.69) is 0 Å². The van der Waals surface area contributed by atoms with Crippen LogP contribution in [0.15, 0.2) is 36.4 Å². The quantitative estimate of drug-likeness (QED) is 0.945. The molecule has 5 heteroatoms. The van der Waals surface area contributed by atoms with Gasteiger partial charge < -0.3 is 14.7 Å². The number of carbonyl (C=O) groups excluding carboxylic acids is 1. The lowest BCUT2D eigenvalue weighted by atomic mass is 9.90. The fourth-order valence-corrected chi connectivity index (χ4v) is 3.25. The van der Waals surface area contributed by atoms with Crippen LogP contribution in [0.1, 0.15) is 18.0 Å². The molecule has 1 amide bonds. The fraction of sp³-hybridized carbons (Fsp3) is 0.294. The number of amides is 1. The number of benzene rings is 2. The third-order valence-corrected chi connectivity index (χ3v) is 4.36. The van der Waals surface area contributed by atoms with Gasteiger partial charge in [0, 0.05) is 18.9 Å². The van der Waals surface area contributed by atoms with Gasteiger partial charge in [0.25, 0.3) is 0 Å². The summed E-state index contributed by atoms with van der Waals surface area (Å²) >= 11 is 0. The number of carboxylic acid groups (broad SMARTS) is 1. The molecule has 0 bridgehead atoms. The Morgan fingerprint density at radius 3 is 2.55 bits per heavy atom. The van der Waals surface area contributed by atoms with E-state index in [4.69, 9.17) is 4.74 Å². The molecule has 0 spiro atoms. The summed E-state index contributed by atoms with van der Waals surface area (Å²) in [6.07, 6.45) is 0.0385. The Labute approximate surface area is 128 Å². The number of carboxylic acids is 1. The number of likely N-dealkylation sites (tertiary alicyclic amines) is 1. The van der Waals surface area contributed by atoms with Gasteiger partial charge in [0.1, 0.15) is 5.75 Å². The minimum absolute atomic E-state index is 0.0385. The summed E-state index contributed by atoms with van der Waals surface area (Å²) in [6.45, 7) is 0. The molecule has 1 N–H and O–H groups in total. The van der Waals surface area contributed by atoms with Gasteiger partial charge in [-0.2, -0.15) is 0 Å². The molecular formula is C17H17NO4. The normalized spacial score (nSPS) is 21.4. The topological polar surface area (TPSA) is 66.8 Å². The summed E-state index contributed by atoms with van der Waals surface area (Å²) in [5, 5.41) is 11.3. The van der Waals surface area contributed by atoms with Crippen molar-refractivity contribution in [3.63, 3.8) is 0 Å². The van der Waals surface area contributed by atoms with Gasteiger partial charge in [-0.25, -0.2) is 0 Å². The molecule has 0 aromatic heterocycles. The number of hydrogen-bond acceptors (Lipinski definition) is 3. The first kappa shape index (κ1) is 14.4. The van der Waals surface area contributed by atoms with E-state index < -0.39 is 17.9 Å². The fourth-order valence-electron chi connectivity index (χ4n) is 3.25. The van der Waals surface area contributed by atoms with E-state index in [1.807, 2.05) is 36.4 Å². The maximum atomic E-state index is 12.0. The van der Waals surface area contributed by atoms with Crippen molar-refractivity contribution < 1.29 is 19.4 Å². The highest BCUT2D eigenvalue weighted by molar-refractivity contribution is 5.94. The van der Waals surface area contributed by atoms with Gasteiger partial charge in [0.2, 0.25) is 5.91 Å². The summed E-state index contributed by atoms with van der Waals surface area (Å²) < 4.78 is 5.37. The van der Waals surface area contributed by atoms with Crippen LogP contribution >= 0.6 is 0 Å². The highest BCUT2D eigenvalue weighted by atomic mass is 16.5. The average Bonchev–Trinajstić information content (AvgIpc) is 2.82. The van der Waals surface area contributed by atoms with Crippen molar-refractivity contribution in [2.45, 2.75) is 12.5 Å². The van der Waals surface area contributed by atoms with E-state index in [9.17, 15) is 14.7 Å². The second-order valence-electron chi connectivity index (χ2n) is 5.50. The predicted molar refractivity (Wildman–Crippen MR) is 81.8 cm³/mol. The Morgan fingerprint density at radius 2 is 1.91 bits per heavy atom. The highest BCUT2D eigenvalue weighted by Gasteiger charge is 2.43. The third kappa shape index (κ3) is 2.09. The van der Waals surface area contributed by atoms with Crippen LogP contribution < -0.4 is 4.74 Å². The minimum atomic E-state index is -0.942. The van der Waals surface area contributed by atoms with E-state index in [-0.39, 0.29) is 12.3 Å². The molecule has 3 rings (SSSR count). The number of nitrogens with zero attached hydrogens (tertiary/aromatic N) is 1. The second kappa shape index (κ2) is 5.33. The molecule has 114 valence electrons. The molecule has 2 aromatic rings. The van der Waals surface area contributed by atoms with E-state index in [1.54, 1.807) is 14.2 Å². The molecule has 0 unspecified atom stereocenters. The molecule has 2 aromatic carbocycles. The molecule has 0 aliphatic carbocycles. The molecular weight excluding hydrogens is 282 g/mol. The van der Waals surface area contributed by atoms with Crippen LogP contribution in [0.25, 0.3) is 10.8 Å². The van der Waals surface area contributed by atoms with Crippen molar-refractivity contribution in [1.82, 2.24) is 4.90 Å². The summed E-state index contributed by atoms with van der Waals surface area (Å²) in [4.78, 5) is 25.0. The van der Waals surface area contributed by atoms with E-state index in [0.29, 0.717) is 0 Å². The van der Waals surface area contributed by atoms with E-state index in [0.717, 1.165) is 22.1 Å². The molecule has 0 radical (unpaired) electrons. The molecule has 1 fully saturated rings. The zero-order valence-electron chi connectivity index (χ0n) is 12.4. The Hall–Kier alpha value is -2.56. The molecule has 1 saturated heterocycles. The summed E-state index contributed by atoms with van der Waals surface area (Å²) in [6, 6.07) is 10.9. The monoisotopic (exact) mass is 299 g/mol. The van der Waals surface area contributed by atoms with Crippen molar-refractivity contribution in [3.8, 4) is 5.75 Å². The van der Waals surface area contributed by atoms with Crippen molar-refractivity contribution >= 4 is 22.6 Å². The smallest absolute Gasteiger partial charge is 0.309 e. The minimum Gasteiger partial charge on any atom is -0.496 e. The van der Waals surface area contributed by atoms with Crippen LogP contribution in [0.4, 0.5) is 0 Å². The third-order valence-electron chi connectivity index (χ3n) is 4.36. The second-order valence-corrected chi connectivity index (χ2v) is 5.50. The van der Waals surface area contributed by atoms with Gasteiger partial charge in [-0.15, -0.1) is 0 Å². The highest BCUT2D eigenvalue weighted by Crippen LogP contribution is 2.41. The van der Waals surface area contributed by atoms with Crippen LogP contribution in [0.3, 0.4) is 0 Å². The standard InChI is InChI=1S/C17H17NO4/c1-18-15(19)9-13(17(20)21)16(18)12-7-8-14(22-2)11-6-4-3-5-10(11)12/h3-8,13,16H,9H2,1-2H3,(H,20,21)/t13-,16+/m1/s1. The number of rotatable bonds is 3. The van der Waals surface area contributed by atoms with Crippen LogP contribution in [0.2, 0.25) is 0 Å². The molecule has 22 heavy (non-hydrogen) atoms. The summed E-state index contributed by atoms with van der Waals surface area (Å²) in [7, 11) is 3.27.